The first-order valence-electron chi connectivity index (χ1n) is 6.89. The molecule has 0 amide bonds. The van der Waals surface area contributed by atoms with Crippen LogP contribution >= 0.6 is 11.3 Å². The lowest BCUT2D eigenvalue weighted by Gasteiger charge is -2.04. The van der Waals surface area contributed by atoms with E-state index in [1.54, 1.807) is 13.0 Å². The Labute approximate surface area is 139 Å². The molecule has 9 nitrogen and oxygen atoms in total. The van der Waals surface area contributed by atoms with Crippen LogP contribution in [0.4, 0.5) is 5.82 Å². The fourth-order valence-corrected chi connectivity index (χ4v) is 2.86. The average Bonchev–Trinajstić information content (AvgIpc) is 3.27. The molecule has 3 heterocycles. The number of ether oxygens (including phenoxy) is 1. The molecule has 24 heavy (non-hydrogen) atoms. The molecule has 0 aliphatic rings. The molecule has 0 saturated carbocycles. The van der Waals surface area contributed by atoms with E-state index in [1.807, 2.05) is 11.4 Å². The van der Waals surface area contributed by atoms with Crippen LogP contribution in [0.3, 0.4) is 0 Å². The Hall–Kier alpha value is -3.01. The normalized spacial score (nSPS) is 10.7. The topological polar surface area (TPSA) is 113 Å². The Kier molecular flexibility index (Phi) is 4.38. The van der Waals surface area contributed by atoms with Crippen molar-refractivity contribution in [3.63, 3.8) is 0 Å². The van der Waals surface area contributed by atoms with Gasteiger partial charge in [0, 0.05) is 6.92 Å². The number of carbonyl (C=O) groups excluding carboxylic acids is 1. The number of nitro groups is 1. The molecule has 3 aromatic heterocycles. The average molecular weight is 348 g/mol. The standard InChI is InChI=1S/C14H12N4O5S/c1-9-15-7-11(18(20)21)17(9)4-5-22-14(19)12-13(23-8-16-12)10-3-2-6-24-10/h2-3,6-8H,4-5H2,1H3. The van der Waals surface area contributed by atoms with Crippen LogP contribution in [-0.2, 0) is 11.3 Å². The van der Waals surface area contributed by atoms with Crippen molar-refractivity contribution in [2.45, 2.75) is 13.5 Å². The van der Waals surface area contributed by atoms with Gasteiger partial charge in [-0.1, -0.05) is 6.07 Å². The van der Waals surface area contributed by atoms with Gasteiger partial charge in [-0.25, -0.2) is 19.3 Å². The van der Waals surface area contributed by atoms with Crippen LogP contribution in [0.2, 0.25) is 0 Å². The third kappa shape index (κ3) is 3.04. The molecule has 0 unspecified atom stereocenters. The molecular weight excluding hydrogens is 336 g/mol. The second-order valence-corrected chi connectivity index (χ2v) is 5.66. The molecule has 0 spiro atoms. The molecule has 0 aliphatic carbocycles. The van der Waals surface area contributed by atoms with Gasteiger partial charge in [0.25, 0.3) is 0 Å². The number of hydrogen-bond donors (Lipinski definition) is 0. The minimum absolute atomic E-state index is 0.0480. The van der Waals surface area contributed by atoms with E-state index in [1.165, 1.54) is 28.5 Å². The Morgan fingerprint density at radius 3 is 3.04 bits per heavy atom. The quantitative estimate of drug-likeness (QED) is 0.382. The monoisotopic (exact) mass is 348 g/mol. The highest BCUT2D eigenvalue weighted by Crippen LogP contribution is 2.27. The van der Waals surface area contributed by atoms with Crippen molar-refractivity contribution in [3.8, 4) is 10.6 Å². The molecule has 0 aromatic carbocycles. The molecule has 0 bridgehead atoms. The van der Waals surface area contributed by atoms with Gasteiger partial charge in [0.1, 0.15) is 19.3 Å². The summed E-state index contributed by atoms with van der Waals surface area (Å²) in [6.07, 6.45) is 2.35. The number of esters is 1. The molecule has 0 fully saturated rings. The summed E-state index contributed by atoms with van der Waals surface area (Å²) in [6.45, 7) is 1.72. The third-order valence-electron chi connectivity index (χ3n) is 3.27. The van der Waals surface area contributed by atoms with E-state index in [2.05, 4.69) is 9.97 Å². The largest absolute Gasteiger partial charge is 0.457 e. The van der Waals surface area contributed by atoms with Crippen LogP contribution in [0, 0.1) is 17.0 Å². The van der Waals surface area contributed by atoms with E-state index in [-0.39, 0.29) is 24.7 Å². The summed E-state index contributed by atoms with van der Waals surface area (Å²) in [5.74, 6) is 0.0232. The van der Waals surface area contributed by atoms with Crippen molar-refractivity contribution in [2.24, 2.45) is 0 Å². The number of carbonyl (C=O) groups is 1. The number of imidazole rings is 1. The summed E-state index contributed by atoms with van der Waals surface area (Å²) >= 11 is 1.41. The first-order valence-corrected chi connectivity index (χ1v) is 7.77. The summed E-state index contributed by atoms with van der Waals surface area (Å²) in [6, 6.07) is 3.64. The number of aryl methyl sites for hydroxylation is 1. The van der Waals surface area contributed by atoms with E-state index >= 15 is 0 Å². The van der Waals surface area contributed by atoms with Crippen molar-refractivity contribution >= 4 is 23.1 Å². The van der Waals surface area contributed by atoms with Crippen molar-refractivity contribution in [1.82, 2.24) is 14.5 Å². The fraction of sp³-hybridized carbons (Fsp3) is 0.214. The first kappa shape index (κ1) is 15.9. The maximum atomic E-state index is 12.2. The smallest absolute Gasteiger partial charge is 0.361 e. The first-order chi connectivity index (χ1) is 11.6. The van der Waals surface area contributed by atoms with Crippen molar-refractivity contribution in [1.29, 1.82) is 0 Å². The second-order valence-electron chi connectivity index (χ2n) is 4.72. The van der Waals surface area contributed by atoms with Gasteiger partial charge < -0.3 is 19.3 Å². The number of nitrogens with zero attached hydrogens (tertiary/aromatic N) is 4. The van der Waals surface area contributed by atoms with Gasteiger partial charge in [0.05, 0.1) is 4.88 Å². The lowest BCUT2D eigenvalue weighted by Crippen LogP contribution is -2.14. The maximum Gasteiger partial charge on any atom is 0.361 e. The van der Waals surface area contributed by atoms with Gasteiger partial charge in [-0.05, 0) is 16.4 Å². The molecular formula is C14H12N4O5S. The van der Waals surface area contributed by atoms with Crippen molar-refractivity contribution < 1.29 is 18.9 Å². The molecule has 10 heteroatoms. The predicted molar refractivity (Wildman–Crippen MR) is 83.7 cm³/mol. The lowest BCUT2D eigenvalue weighted by molar-refractivity contribution is -0.392. The molecule has 124 valence electrons. The summed E-state index contributed by atoms with van der Waals surface area (Å²) in [5.41, 5.74) is 0.0781. The number of oxazole rings is 1. The van der Waals surface area contributed by atoms with Crippen molar-refractivity contribution in [3.05, 3.63) is 51.7 Å². The number of aromatic nitrogens is 3. The molecule has 0 radical (unpaired) electrons. The Morgan fingerprint density at radius 1 is 1.50 bits per heavy atom. The van der Waals surface area contributed by atoms with Gasteiger partial charge in [0.15, 0.2) is 23.7 Å². The highest BCUT2D eigenvalue weighted by atomic mass is 32.1. The van der Waals surface area contributed by atoms with E-state index in [9.17, 15) is 14.9 Å². The summed E-state index contributed by atoms with van der Waals surface area (Å²) in [4.78, 5) is 31.1. The number of rotatable bonds is 6. The molecule has 3 aromatic rings. The number of hydrogen-bond acceptors (Lipinski definition) is 8. The summed E-state index contributed by atoms with van der Waals surface area (Å²) in [7, 11) is 0. The van der Waals surface area contributed by atoms with E-state index in [0.29, 0.717) is 11.6 Å². The Bertz CT molecular complexity index is 868. The van der Waals surface area contributed by atoms with Gasteiger partial charge in [-0.2, -0.15) is 0 Å². The highest BCUT2D eigenvalue weighted by Gasteiger charge is 2.22. The minimum Gasteiger partial charge on any atom is -0.457 e. The van der Waals surface area contributed by atoms with E-state index in [0.717, 1.165) is 4.88 Å². The second kappa shape index (κ2) is 6.62. The van der Waals surface area contributed by atoms with E-state index < -0.39 is 10.9 Å². The number of thiophene rings is 1. The van der Waals surface area contributed by atoms with E-state index in [4.69, 9.17) is 9.15 Å². The van der Waals surface area contributed by atoms with Crippen LogP contribution in [-0.4, -0.2) is 32.0 Å². The molecule has 0 saturated heterocycles. The lowest BCUT2D eigenvalue weighted by atomic mass is 10.3. The third-order valence-corrected chi connectivity index (χ3v) is 4.14. The molecule has 0 N–H and O–H groups in total. The van der Waals surface area contributed by atoms with Gasteiger partial charge >= 0.3 is 11.8 Å². The Morgan fingerprint density at radius 2 is 2.33 bits per heavy atom. The summed E-state index contributed by atoms with van der Waals surface area (Å²) < 4.78 is 11.8. The van der Waals surface area contributed by atoms with Crippen LogP contribution in [0.1, 0.15) is 16.3 Å². The zero-order chi connectivity index (χ0) is 17.1. The van der Waals surface area contributed by atoms with Crippen LogP contribution in [0.5, 0.6) is 0 Å². The SMILES string of the molecule is Cc1ncc([N+](=O)[O-])n1CCOC(=O)c1ncoc1-c1cccs1. The predicted octanol–water partition coefficient (Wildman–Crippen LogP) is 2.67. The van der Waals surface area contributed by atoms with Crippen LogP contribution in [0.25, 0.3) is 10.6 Å². The van der Waals surface area contributed by atoms with Gasteiger partial charge in [0.2, 0.25) is 0 Å². The minimum atomic E-state index is -0.646. The Balaban J connectivity index is 1.66. The van der Waals surface area contributed by atoms with Crippen LogP contribution < -0.4 is 0 Å². The zero-order valence-electron chi connectivity index (χ0n) is 12.5. The van der Waals surface area contributed by atoms with Gasteiger partial charge in [-0.15, -0.1) is 11.3 Å². The fourth-order valence-electron chi connectivity index (χ4n) is 2.15. The molecule has 3 rings (SSSR count). The summed E-state index contributed by atoms with van der Waals surface area (Å²) in [5, 5.41) is 12.8. The highest BCUT2D eigenvalue weighted by molar-refractivity contribution is 7.13. The van der Waals surface area contributed by atoms with Gasteiger partial charge in [-0.3, -0.25) is 0 Å². The van der Waals surface area contributed by atoms with Crippen molar-refractivity contribution in [2.75, 3.05) is 6.61 Å². The molecule has 0 atom stereocenters. The van der Waals surface area contributed by atoms with Crippen LogP contribution in [0.15, 0.2) is 34.5 Å². The zero-order valence-corrected chi connectivity index (χ0v) is 13.4. The maximum absolute atomic E-state index is 12.2. The molecule has 0 aliphatic heterocycles.